The van der Waals surface area contributed by atoms with Gasteiger partial charge in [-0.3, -0.25) is 29.3 Å². The van der Waals surface area contributed by atoms with Gasteiger partial charge in [-0.15, -0.1) is 0 Å². The van der Waals surface area contributed by atoms with E-state index in [1.54, 1.807) is 30.3 Å². The number of carbonyl (C=O) groups is 4. The molecule has 1 aliphatic carbocycles. The smallest absolute Gasteiger partial charge is 0.273 e. The van der Waals surface area contributed by atoms with Crippen LogP contribution in [0.3, 0.4) is 0 Å². The summed E-state index contributed by atoms with van der Waals surface area (Å²) in [5, 5.41) is 12.7. The highest BCUT2D eigenvalue weighted by molar-refractivity contribution is 6.09. The lowest BCUT2D eigenvalue weighted by Gasteiger charge is -2.30. The number of imide groups is 1. The molecule has 33 heavy (non-hydrogen) atoms. The molecule has 3 atom stereocenters. The van der Waals surface area contributed by atoms with Gasteiger partial charge in [0.25, 0.3) is 23.4 Å². The number of hydrogen-bond donors (Lipinski definition) is 0. The Hall–Kier alpha value is -3.88. The molecule has 2 aromatic rings. The topological polar surface area (TPSA) is 118 Å². The van der Waals surface area contributed by atoms with E-state index in [4.69, 9.17) is 0 Å². The van der Waals surface area contributed by atoms with Gasteiger partial charge in [0.15, 0.2) is 5.78 Å². The number of non-ortho nitro benzene ring substituents is 1. The summed E-state index contributed by atoms with van der Waals surface area (Å²) in [6.45, 7) is 1.52. The average Bonchev–Trinajstić information content (AvgIpc) is 3.06. The second-order valence-electron chi connectivity index (χ2n) is 8.58. The van der Waals surface area contributed by atoms with Crippen LogP contribution in [0.5, 0.6) is 0 Å². The Bertz CT molecular complexity index is 1110. The van der Waals surface area contributed by atoms with Crippen LogP contribution in [0.2, 0.25) is 0 Å². The third kappa shape index (κ3) is 4.26. The number of rotatable bonds is 6. The molecule has 1 saturated heterocycles. The summed E-state index contributed by atoms with van der Waals surface area (Å²) in [5.41, 5.74) is 0.168. The van der Waals surface area contributed by atoms with E-state index in [2.05, 4.69) is 0 Å². The van der Waals surface area contributed by atoms with Crippen LogP contribution in [0.15, 0.2) is 54.6 Å². The lowest BCUT2D eigenvalue weighted by Crippen LogP contribution is -2.52. The number of fused-ring (bicyclic) bond motifs is 1. The molecule has 2 fully saturated rings. The maximum Gasteiger partial charge on any atom is 0.273 e. The second-order valence-corrected chi connectivity index (χ2v) is 8.58. The molecule has 0 unspecified atom stereocenters. The molecule has 1 saturated carbocycles. The Kier molecular flexibility index (Phi) is 6.04. The van der Waals surface area contributed by atoms with Gasteiger partial charge in [-0.05, 0) is 37.3 Å². The van der Waals surface area contributed by atoms with Crippen molar-refractivity contribution in [3.8, 4) is 0 Å². The summed E-state index contributed by atoms with van der Waals surface area (Å²) >= 11 is 0. The number of nitro benzene ring substituents is 1. The van der Waals surface area contributed by atoms with Crippen LogP contribution in [0.25, 0.3) is 0 Å². The zero-order valence-electron chi connectivity index (χ0n) is 18.0. The standard InChI is InChI=1S/C24H23N3O6/c1-15-7-12-19-20(13-15)24(31)26(23(19)30)25(14-21(28)16-5-3-2-4-6-16)22(29)17-8-10-18(11-9-17)27(32)33/h2-6,8-11,15,19-20H,7,12-14H2,1H3/t15-,19+,20+/m1/s1. The van der Waals surface area contributed by atoms with Crippen LogP contribution in [0, 0.1) is 27.9 Å². The molecule has 3 amide bonds. The molecule has 170 valence electrons. The molecule has 2 aliphatic rings. The Labute approximate surface area is 190 Å². The van der Waals surface area contributed by atoms with Crippen molar-refractivity contribution in [2.75, 3.05) is 6.54 Å². The van der Waals surface area contributed by atoms with Crippen molar-refractivity contribution in [3.63, 3.8) is 0 Å². The third-order valence-corrected chi connectivity index (χ3v) is 6.35. The summed E-state index contributed by atoms with van der Waals surface area (Å²) < 4.78 is 0. The van der Waals surface area contributed by atoms with Crippen molar-refractivity contribution in [2.24, 2.45) is 17.8 Å². The number of hydrazine groups is 1. The van der Waals surface area contributed by atoms with E-state index in [1.807, 2.05) is 6.92 Å². The van der Waals surface area contributed by atoms with Gasteiger partial charge in [0.1, 0.15) is 6.54 Å². The highest BCUT2D eigenvalue weighted by Crippen LogP contribution is 2.41. The number of nitrogens with zero attached hydrogens (tertiary/aromatic N) is 3. The van der Waals surface area contributed by atoms with E-state index in [1.165, 1.54) is 24.3 Å². The van der Waals surface area contributed by atoms with Gasteiger partial charge < -0.3 is 0 Å². The molecule has 1 heterocycles. The minimum atomic E-state index is -0.748. The SMILES string of the molecule is C[C@@H]1CC[C@@H]2C(=O)N(N(CC(=O)c3ccccc3)C(=O)c3ccc([N+](=O)[O-])cc3)C(=O)[C@H]2C1. The van der Waals surface area contributed by atoms with Crippen LogP contribution >= 0.6 is 0 Å². The van der Waals surface area contributed by atoms with Crippen LogP contribution < -0.4 is 0 Å². The van der Waals surface area contributed by atoms with Gasteiger partial charge in [-0.2, -0.15) is 5.01 Å². The highest BCUT2D eigenvalue weighted by atomic mass is 16.6. The van der Waals surface area contributed by atoms with E-state index in [0.717, 1.165) is 16.4 Å². The number of benzene rings is 2. The van der Waals surface area contributed by atoms with Crippen LogP contribution in [-0.4, -0.2) is 45.0 Å². The lowest BCUT2D eigenvalue weighted by molar-refractivity contribution is -0.384. The predicted octanol–water partition coefficient (Wildman–Crippen LogP) is 3.26. The quantitative estimate of drug-likeness (QED) is 0.289. The number of amides is 3. The summed E-state index contributed by atoms with van der Waals surface area (Å²) in [7, 11) is 0. The van der Waals surface area contributed by atoms with Gasteiger partial charge in [-0.25, -0.2) is 5.01 Å². The predicted molar refractivity (Wildman–Crippen MR) is 117 cm³/mol. The second kappa shape index (κ2) is 8.93. The van der Waals surface area contributed by atoms with E-state index in [-0.39, 0.29) is 17.2 Å². The highest BCUT2D eigenvalue weighted by Gasteiger charge is 2.52. The van der Waals surface area contributed by atoms with Gasteiger partial charge in [0.2, 0.25) is 0 Å². The molecule has 0 bridgehead atoms. The van der Waals surface area contributed by atoms with Gasteiger partial charge in [-0.1, -0.05) is 37.3 Å². The normalized spacial score (nSPS) is 22.1. The Morgan fingerprint density at radius 1 is 0.970 bits per heavy atom. The van der Waals surface area contributed by atoms with Crippen molar-refractivity contribution in [1.29, 1.82) is 0 Å². The van der Waals surface area contributed by atoms with E-state index >= 15 is 0 Å². The fourth-order valence-electron chi connectivity index (χ4n) is 4.57. The van der Waals surface area contributed by atoms with Crippen LogP contribution in [-0.2, 0) is 9.59 Å². The largest absolute Gasteiger partial charge is 0.292 e. The lowest BCUT2D eigenvalue weighted by atomic mass is 9.76. The van der Waals surface area contributed by atoms with Gasteiger partial charge in [0, 0.05) is 23.3 Å². The van der Waals surface area contributed by atoms with Crippen molar-refractivity contribution in [3.05, 3.63) is 75.8 Å². The Morgan fingerprint density at radius 2 is 1.61 bits per heavy atom. The fraction of sp³-hybridized carbons (Fsp3) is 0.333. The zero-order chi connectivity index (χ0) is 23.7. The van der Waals surface area contributed by atoms with Gasteiger partial charge in [0.05, 0.1) is 16.8 Å². The fourth-order valence-corrected chi connectivity index (χ4v) is 4.57. The molecule has 1 aliphatic heterocycles. The molecule has 2 aromatic carbocycles. The molecule has 0 N–H and O–H groups in total. The number of Topliss-reactive ketones (excluding diaryl/α,β-unsaturated/α-hetero) is 1. The van der Waals surface area contributed by atoms with Gasteiger partial charge >= 0.3 is 0 Å². The number of ketones is 1. The van der Waals surface area contributed by atoms with Crippen LogP contribution in [0.1, 0.15) is 46.9 Å². The molecule has 9 nitrogen and oxygen atoms in total. The molecule has 4 rings (SSSR count). The number of hydrogen-bond acceptors (Lipinski definition) is 6. The zero-order valence-corrected chi connectivity index (χ0v) is 18.0. The van der Waals surface area contributed by atoms with Crippen molar-refractivity contribution >= 4 is 29.2 Å². The molecule has 9 heteroatoms. The van der Waals surface area contributed by atoms with E-state index < -0.39 is 46.8 Å². The van der Waals surface area contributed by atoms with E-state index in [0.29, 0.717) is 18.4 Å². The number of carbonyl (C=O) groups excluding carboxylic acids is 4. The Morgan fingerprint density at radius 3 is 2.24 bits per heavy atom. The average molecular weight is 449 g/mol. The molecule has 0 radical (unpaired) electrons. The number of nitro groups is 1. The molecular weight excluding hydrogens is 426 g/mol. The minimum absolute atomic E-state index is 0.0327. The maximum absolute atomic E-state index is 13.4. The van der Waals surface area contributed by atoms with E-state index in [9.17, 15) is 29.3 Å². The third-order valence-electron chi connectivity index (χ3n) is 6.35. The Balaban J connectivity index is 1.68. The summed E-state index contributed by atoms with van der Waals surface area (Å²) in [4.78, 5) is 63.1. The molecular formula is C24H23N3O6. The van der Waals surface area contributed by atoms with Crippen LogP contribution in [0.4, 0.5) is 5.69 Å². The first-order chi connectivity index (χ1) is 15.8. The minimum Gasteiger partial charge on any atom is -0.292 e. The molecule has 0 aromatic heterocycles. The van der Waals surface area contributed by atoms with Crippen molar-refractivity contribution in [1.82, 2.24) is 10.0 Å². The first kappa shape index (κ1) is 22.3. The van der Waals surface area contributed by atoms with Crippen molar-refractivity contribution < 1.29 is 24.1 Å². The molecule has 0 spiro atoms. The maximum atomic E-state index is 13.4. The first-order valence-corrected chi connectivity index (χ1v) is 10.8. The summed E-state index contributed by atoms with van der Waals surface area (Å²) in [6.07, 6.45) is 1.92. The van der Waals surface area contributed by atoms with Crippen molar-refractivity contribution in [2.45, 2.75) is 26.2 Å². The summed E-state index contributed by atoms with van der Waals surface area (Å²) in [6, 6.07) is 13.1. The summed E-state index contributed by atoms with van der Waals surface area (Å²) in [5.74, 6) is -2.88. The monoisotopic (exact) mass is 449 g/mol. The first-order valence-electron chi connectivity index (χ1n) is 10.8.